The normalized spacial score (nSPS) is 21.2. The van der Waals surface area contributed by atoms with Crippen molar-refractivity contribution < 1.29 is 19.1 Å². The maximum Gasteiger partial charge on any atom is 0.310 e. The molecular weight excluding hydrogens is 272 g/mol. The van der Waals surface area contributed by atoms with Crippen molar-refractivity contribution in [2.24, 2.45) is 11.8 Å². The van der Waals surface area contributed by atoms with Gasteiger partial charge < -0.3 is 20.1 Å². The molecule has 0 radical (unpaired) electrons. The van der Waals surface area contributed by atoms with Gasteiger partial charge >= 0.3 is 5.97 Å². The lowest BCUT2D eigenvalue weighted by atomic mass is 9.99. The molecule has 2 N–H and O–H groups in total. The van der Waals surface area contributed by atoms with Crippen molar-refractivity contribution in [2.45, 2.75) is 6.92 Å². The number of methoxy groups -OCH3 is 2. The van der Waals surface area contributed by atoms with Crippen molar-refractivity contribution in [3.05, 3.63) is 23.8 Å². The molecule has 1 aliphatic rings. The summed E-state index contributed by atoms with van der Waals surface area (Å²) < 4.78 is 9.90. The minimum absolute atomic E-state index is 0.0735. The molecule has 1 aromatic carbocycles. The van der Waals surface area contributed by atoms with Crippen LogP contribution in [0.3, 0.4) is 0 Å². The van der Waals surface area contributed by atoms with E-state index in [-0.39, 0.29) is 23.7 Å². The largest absolute Gasteiger partial charge is 0.497 e. The average Bonchev–Trinajstić information content (AvgIpc) is 2.86. The van der Waals surface area contributed by atoms with Crippen LogP contribution in [-0.4, -0.2) is 44.1 Å². The first-order valence-corrected chi connectivity index (χ1v) is 6.78. The molecule has 1 heterocycles. The first-order chi connectivity index (χ1) is 9.96. The van der Waals surface area contributed by atoms with E-state index in [2.05, 4.69) is 0 Å². The third-order valence-electron chi connectivity index (χ3n) is 3.81. The van der Waals surface area contributed by atoms with Crippen molar-refractivity contribution >= 4 is 17.6 Å². The second-order valence-electron chi connectivity index (χ2n) is 5.31. The first-order valence-electron chi connectivity index (χ1n) is 6.78. The summed E-state index contributed by atoms with van der Waals surface area (Å²) in [5, 5.41) is 0. The van der Waals surface area contributed by atoms with E-state index in [1.807, 2.05) is 6.92 Å². The van der Waals surface area contributed by atoms with Gasteiger partial charge in [0, 0.05) is 30.4 Å². The number of hydrogen-bond acceptors (Lipinski definition) is 5. The van der Waals surface area contributed by atoms with Crippen LogP contribution < -0.4 is 10.5 Å². The van der Waals surface area contributed by atoms with Crippen LogP contribution in [0.5, 0.6) is 5.75 Å². The van der Waals surface area contributed by atoms with E-state index in [4.69, 9.17) is 15.2 Å². The fourth-order valence-electron chi connectivity index (χ4n) is 2.64. The van der Waals surface area contributed by atoms with E-state index in [1.54, 1.807) is 23.1 Å². The number of hydrogen-bond donors (Lipinski definition) is 1. The van der Waals surface area contributed by atoms with E-state index >= 15 is 0 Å². The van der Waals surface area contributed by atoms with Gasteiger partial charge in [-0.15, -0.1) is 0 Å². The quantitative estimate of drug-likeness (QED) is 0.668. The Bertz CT molecular complexity index is 559. The van der Waals surface area contributed by atoms with E-state index < -0.39 is 0 Å². The number of likely N-dealkylation sites (tertiary alicyclic amines) is 1. The highest BCUT2D eigenvalue weighted by Crippen LogP contribution is 2.27. The topological polar surface area (TPSA) is 81.9 Å². The smallest absolute Gasteiger partial charge is 0.310 e. The summed E-state index contributed by atoms with van der Waals surface area (Å²) >= 11 is 0. The van der Waals surface area contributed by atoms with Gasteiger partial charge in [-0.25, -0.2) is 0 Å². The van der Waals surface area contributed by atoms with Crippen LogP contribution in [0.4, 0.5) is 5.69 Å². The maximum absolute atomic E-state index is 12.5. The van der Waals surface area contributed by atoms with Crippen LogP contribution in [0.25, 0.3) is 0 Å². The zero-order chi connectivity index (χ0) is 15.6. The summed E-state index contributed by atoms with van der Waals surface area (Å²) in [6.07, 6.45) is 0. The van der Waals surface area contributed by atoms with E-state index in [9.17, 15) is 9.59 Å². The zero-order valence-corrected chi connectivity index (χ0v) is 12.5. The third-order valence-corrected chi connectivity index (χ3v) is 3.81. The molecule has 2 atom stereocenters. The van der Waals surface area contributed by atoms with Crippen molar-refractivity contribution in [1.82, 2.24) is 4.90 Å². The number of nitrogen functional groups attached to an aromatic ring is 1. The molecule has 0 bridgehead atoms. The Balaban J connectivity index is 2.18. The lowest BCUT2D eigenvalue weighted by molar-refractivity contribution is -0.146. The Morgan fingerprint density at radius 1 is 1.24 bits per heavy atom. The number of ether oxygens (including phenoxy) is 2. The Kier molecular flexibility index (Phi) is 4.35. The highest BCUT2D eigenvalue weighted by atomic mass is 16.5. The van der Waals surface area contributed by atoms with E-state index in [0.717, 1.165) is 0 Å². The molecule has 0 spiro atoms. The van der Waals surface area contributed by atoms with Crippen molar-refractivity contribution in [2.75, 3.05) is 33.0 Å². The molecule has 1 aliphatic heterocycles. The predicted molar refractivity (Wildman–Crippen MR) is 78.0 cm³/mol. The number of esters is 1. The summed E-state index contributed by atoms with van der Waals surface area (Å²) in [5.41, 5.74) is 6.70. The molecule has 1 saturated heterocycles. The molecule has 114 valence electrons. The number of carbonyl (C=O) groups is 2. The van der Waals surface area contributed by atoms with Crippen molar-refractivity contribution in [3.63, 3.8) is 0 Å². The number of benzene rings is 1. The van der Waals surface area contributed by atoms with Gasteiger partial charge in [-0.1, -0.05) is 6.92 Å². The van der Waals surface area contributed by atoms with E-state index in [1.165, 1.54) is 14.2 Å². The molecule has 6 heteroatoms. The molecular formula is C15H20N2O4. The van der Waals surface area contributed by atoms with Gasteiger partial charge in [0.1, 0.15) is 5.75 Å². The monoisotopic (exact) mass is 292 g/mol. The number of nitrogens with two attached hydrogens (primary N) is 1. The number of rotatable bonds is 3. The van der Waals surface area contributed by atoms with Crippen LogP contribution in [0.15, 0.2) is 18.2 Å². The maximum atomic E-state index is 12.5. The van der Waals surface area contributed by atoms with Crippen LogP contribution in [0, 0.1) is 11.8 Å². The number of nitrogens with zero attached hydrogens (tertiary/aromatic N) is 1. The standard InChI is InChI=1S/C15H20N2O4/c1-9-7-17(8-13(9)15(19)21-3)14(18)10-4-11(16)6-12(5-10)20-2/h4-6,9,13H,7-8,16H2,1-3H3. The molecule has 6 nitrogen and oxygen atoms in total. The van der Waals surface area contributed by atoms with Gasteiger partial charge in [0.05, 0.1) is 20.1 Å². The molecule has 1 aromatic rings. The summed E-state index contributed by atoms with van der Waals surface area (Å²) in [6, 6.07) is 4.91. The fraction of sp³-hybridized carbons (Fsp3) is 0.467. The van der Waals surface area contributed by atoms with Crippen LogP contribution in [-0.2, 0) is 9.53 Å². The number of carbonyl (C=O) groups excluding carboxylic acids is 2. The van der Waals surface area contributed by atoms with E-state index in [0.29, 0.717) is 30.1 Å². The van der Waals surface area contributed by atoms with Gasteiger partial charge in [0.25, 0.3) is 5.91 Å². The van der Waals surface area contributed by atoms with Crippen molar-refractivity contribution in [1.29, 1.82) is 0 Å². The average molecular weight is 292 g/mol. The molecule has 1 amide bonds. The Morgan fingerprint density at radius 2 is 1.95 bits per heavy atom. The number of amides is 1. The summed E-state index contributed by atoms with van der Waals surface area (Å²) in [7, 11) is 2.89. The Labute approximate surface area is 123 Å². The minimum atomic E-state index is -0.276. The highest BCUT2D eigenvalue weighted by Gasteiger charge is 2.38. The molecule has 1 fully saturated rings. The van der Waals surface area contributed by atoms with Gasteiger partial charge in [0.2, 0.25) is 0 Å². The summed E-state index contributed by atoms with van der Waals surface area (Å²) in [6.45, 7) is 2.83. The predicted octanol–water partition coefficient (Wildman–Crippen LogP) is 1.16. The van der Waals surface area contributed by atoms with Gasteiger partial charge in [-0.3, -0.25) is 9.59 Å². The van der Waals surface area contributed by atoms with Crippen molar-refractivity contribution in [3.8, 4) is 5.75 Å². The first kappa shape index (κ1) is 15.2. The van der Waals surface area contributed by atoms with Gasteiger partial charge in [0.15, 0.2) is 0 Å². The minimum Gasteiger partial charge on any atom is -0.497 e. The lowest BCUT2D eigenvalue weighted by Gasteiger charge is -2.17. The second-order valence-corrected chi connectivity index (χ2v) is 5.31. The Morgan fingerprint density at radius 3 is 2.57 bits per heavy atom. The van der Waals surface area contributed by atoms with Crippen LogP contribution >= 0.6 is 0 Å². The molecule has 0 aliphatic carbocycles. The highest BCUT2D eigenvalue weighted by molar-refractivity contribution is 5.96. The molecule has 21 heavy (non-hydrogen) atoms. The lowest BCUT2D eigenvalue weighted by Crippen LogP contribution is -2.30. The summed E-state index contributed by atoms with van der Waals surface area (Å²) in [4.78, 5) is 25.9. The van der Waals surface area contributed by atoms with Gasteiger partial charge in [-0.2, -0.15) is 0 Å². The molecule has 2 unspecified atom stereocenters. The molecule has 0 aromatic heterocycles. The fourth-order valence-corrected chi connectivity index (χ4v) is 2.64. The molecule has 2 rings (SSSR count). The third kappa shape index (κ3) is 3.09. The number of anilines is 1. The SMILES string of the molecule is COC(=O)C1CN(C(=O)c2cc(N)cc(OC)c2)CC1C. The van der Waals surface area contributed by atoms with Crippen LogP contribution in [0.2, 0.25) is 0 Å². The van der Waals surface area contributed by atoms with Gasteiger partial charge in [-0.05, 0) is 18.1 Å². The van der Waals surface area contributed by atoms with Crippen LogP contribution in [0.1, 0.15) is 17.3 Å². The molecule has 0 saturated carbocycles. The summed E-state index contributed by atoms with van der Waals surface area (Å²) in [5.74, 6) is -0.0943. The second kappa shape index (κ2) is 6.03. The zero-order valence-electron chi connectivity index (χ0n) is 12.5. The Hall–Kier alpha value is -2.24.